The molecule has 0 radical (unpaired) electrons. The van der Waals surface area contributed by atoms with Crippen LogP contribution >= 0.6 is 11.8 Å². The third kappa shape index (κ3) is 3.72. The van der Waals surface area contributed by atoms with Crippen molar-refractivity contribution >= 4 is 28.7 Å². The Balaban J connectivity index is 2.06. The number of carbonyl (C=O) groups excluding carboxylic acids is 1. The summed E-state index contributed by atoms with van der Waals surface area (Å²) in [6.07, 6.45) is 1.72. The summed E-state index contributed by atoms with van der Waals surface area (Å²) < 4.78 is 8.34. The molecule has 26 heavy (non-hydrogen) atoms. The van der Waals surface area contributed by atoms with Gasteiger partial charge in [-0.2, -0.15) is 5.10 Å². The summed E-state index contributed by atoms with van der Waals surface area (Å²) in [4.78, 5) is 28.6. The molecule has 0 aliphatic carbocycles. The number of hydrogen-bond acceptors (Lipinski definition) is 6. The maximum Gasteiger partial charge on any atom is 0.282 e. The normalized spacial score (nSPS) is 11.0. The average Bonchev–Trinajstić information content (AvgIpc) is 3.06. The number of aromatic nitrogens is 4. The number of fused-ring (bicyclic) bond motifs is 1. The van der Waals surface area contributed by atoms with Gasteiger partial charge >= 0.3 is 0 Å². The highest BCUT2D eigenvalue weighted by atomic mass is 32.2. The Labute approximate surface area is 154 Å². The molecule has 3 aromatic rings. The number of nitrogens with zero attached hydrogens (tertiary/aromatic N) is 4. The number of amides is 1. The molecular weight excluding hydrogens is 354 g/mol. The Morgan fingerprint density at radius 3 is 2.65 bits per heavy atom. The molecule has 0 bridgehead atoms. The zero-order valence-corrected chi connectivity index (χ0v) is 15.3. The number of carbonyl (C=O) groups is 1. The number of hydrogen-bond donors (Lipinski definition) is 1. The van der Waals surface area contributed by atoms with E-state index in [1.54, 1.807) is 18.0 Å². The molecule has 0 saturated carbocycles. The van der Waals surface area contributed by atoms with Crippen LogP contribution in [-0.4, -0.2) is 38.1 Å². The van der Waals surface area contributed by atoms with Gasteiger partial charge in [-0.3, -0.25) is 18.8 Å². The monoisotopic (exact) mass is 373 g/mol. The highest BCUT2D eigenvalue weighted by Gasteiger charge is 2.16. The molecule has 0 aliphatic rings. The van der Waals surface area contributed by atoms with Crippen LogP contribution in [0.25, 0.3) is 11.0 Å². The van der Waals surface area contributed by atoms with Crippen molar-refractivity contribution in [1.29, 1.82) is 0 Å². The summed E-state index contributed by atoms with van der Waals surface area (Å²) in [6.45, 7) is 2.88. The third-order valence-corrected chi connectivity index (χ3v) is 4.80. The number of benzene rings is 1. The first-order valence-corrected chi connectivity index (χ1v) is 9.02. The lowest BCUT2D eigenvalue weighted by Crippen LogP contribution is -2.25. The van der Waals surface area contributed by atoms with Gasteiger partial charge in [0, 0.05) is 6.54 Å². The van der Waals surface area contributed by atoms with Gasteiger partial charge in [-0.25, -0.2) is 4.98 Å². The van der Waals surface area contributed by atoms with Crippen molar-refractivity contribution in [3.63, 3.8) is 0 Å². The highest BCUT2D eigenvalue weighted by molar-refractivity contribution is 7.99. The number of rotatable bonds is 7. The topological polar surface area (TPSA) is 105 Å². The molecule has 2 heterocycles. The van der Waals surface area contributed by atoms with Crippen molar-refractivity contribution in [2.24, 2.45) is 5.73 Å². The summed E-state index contributed by atoms with van der Waals surface area (Å²) >= 11 is 1.14. The molecule has 0 aliphatic heterocycles. The second kappa shape index (κ2) is 7.61. The minimum Gasteiger partial charge on any atom is -0.497 e. The largest absolute Gasteiger partial charge is 0.497 e. The number of thioether (sulfide) groups is 1. The SMILES string of the molecule is CCn1cc2nc(SCC(N)=O)n(Cc3ccc(OC)cc3)c(=O)c2n1. The van der Waals surface area contributed by atoms with Crippen LogP contribution in [0, 0.1) is 0 Å². The molecule has 0 spiro atoms. The number of ether oxygens (including phenoxy) is 1. The van der Waals surface area contributed by atoms with Gasteiger partial charge in [0.25, 0.3) is 5.56 Å². The zero-order chi connectivity index (χ0) is 18.7. The fourth-order valence-electron chi connectivity index (χ4n) is 2.48. The van der Waals surface area contributed by atoms with Crippen molar-refractivity contribution in [1.82, 2.24) is 19.3 Å². The number of aryl methyl sites for hydroxylation is 1. The summed E-state index contributed by atoms with van der Waals surface area (Å²) in [6, 6.07) is 7.41. The highest BCUT2D eigenvalue weighted by Crippen LogP contribution is 2.19. The van der Waals surface area contributed by atoms with Gasteiger partial charge in [0.05, 0.1) is 25.6 Å². The Bertz CT molecular complexity index is 994. The van der Waals surface area contributed by atoms with E-state index in [9.17, 15) is 9.59 Å². The van der Waals surface area contributed by atoms with Gasteiger partial charge < -0.3 is 10.5 Å². The lowest BCUT2D eigenvalue weighted by atomic mass is 10.2. The Kier molecular flexibility index (Phi) is 5.27. The summed E-state index contributed by atoms with van der Waals surface area (Å²) in [5.74, 6) is 0.312. The Morgan fingerprint density at radius 2 is 2.04 bits per heavy atom. The van der Waals surface area contributed by atoms with Crippen LogP contribution < -0.4 is 16.0 Å². The third-order valence-electron chi connectivity index (χ3n) is 3.80. The van der Waals surface area contributed by atoms with Gasteiger partial charge in [-0.15, -0.1) is 0 Å². The molecule has 0 saturated heterocycles. The van der Waals surface area contributed by atoms with E-state index in [1.807, 2.05) is 31.2 Å². The van der Waals surface area contributed by atoms with Gasteiger partial charge in [0.2, 0.25) is 5.91 Å². The molecule has 9 heteroatoms. The van der Waals surface area contributed by atoms with E-state index in [2.05, 4.69) is 10.1 Å². The minimum atomic E-state index is -0.468. The average molecular weight is 373 g/mol. The molecule has 8 nitrogen and oxygen atoms in total. The second-order valence-corrected chi connectivity index (χ2v) is 6.55. The Hall–Kier alpha value is -2.81. The smallest absolute Gasteiger partial charge is 0.282 e. The summed E-state index contributed by atoms with van der Waals surface area (Å²) in [5, 5.41) is 4.73. The van der Waals surface area contributed by atoms with E-state index < -0.39 is 5.91 Å². The predicted octanol–water partition coefficient (Wildman–Crippen LogP) is 1.25. The van der Waals surface area contributed by atoms with E-state index in [-0.39, 0.29) is 11.3 Å². The standard InChI is InChI=1S/C17H19N5O3S/c1-3-21-9-13-15(20-21)16(24)22(17(19-13)26-10-14(18)23)8-11-4-6-12(25-2)7-5-11/h4-7,9H,3,8,10H2,1-2H3,(H2,18,23). The molecule has 1 aromatic carbocycles. The van der Waals surface area contributed by atoms with Crippen LogP contribution in [0.3, 0.4) is 0 Å². The molecule has 136 valence electrons. The fourth-order valence-corrected chi connectivity index (χ4v) is 3.22. The van der Waals surface area contributed by atoms with Crippen LogP contribution in [0.5, 0.6) is 5.75 Å². The fraction of sp³-hybridized carbons (Fsp3) is 0.294. The van der Waals surface area contributed by atoms with Crippen LogP contribution in [0.2, 0.25) is 0 Å². The molecular formula is C17H19N5O3S. The molecule has 3 rings (SSSR count). The predicted molar refractivity (Wildman–Crippen MR) is 99.5 cm³/mol. The van der Waals surface area contributed by atoms with Crippen molar-refractivity contribution < 1.29 is 9.53 Å². The number of methoxy groups -OCH3 is 1. The van der Waals surface area contributed by atoms with Crippen molar-refractivity contribution in [2.45, 2.75) is 25.2 Å². The van der Waals surface area contributed by atoms with Gasteiger partial charge in [-0.05, 0) is 24.6 Å². The van der Waals surface area contributed by atoms with E-state index >= 15 is 0 Å². The van der Waals surface area contributed by atoms with E-state index in [4.69, 9.17) is 10.5 Å². The zero-order valence-electron chi connectivity index (χ0n) is 14.5. The van der Waals surface area contributed by atoms with Crippen LogP contribution in [0.1, 0.15) is 12.5 Å². The number of primary amides is 1. The van der Waals surface area contributed by atoms with E-state index in [1.165, 1.54) is 4.57 Å². The van der Waals surface area contributed by atoms with Crippen LogP contribution in [0.15, 0.2) is 40.4 Å². The van der Waals surface area contributed by atoms with Gasteiger partial charge in [0.1, 0.15) is 11.3 Å². The quantitative estimate of drug-likeness (QED) is 0.494. The maximum atomic E-state index is 12.9. The Morgan fingerprint density at radius 1 is 1.31 bits per heavy atom. The first-order chi connectivity index (χ1) is 12.5. The summed E-state index contributed by atoms with van der Waals surface area (Å²) in [5.41, 5.74) is 6.73. The van der Waals surface area contributed by atoms with Gasteiger partial charge in [-0.1, -0.05) is 23.9 Å². The van der Waals surface area contributed by atoms with Crippen LogP contribution in [0.4, 0.5) is 0 Å². The van der Waals surface area contributed by atoms with Crippen molar-refractivity contribution in [3.8, 4) is 5.75 Å². The molecule has 0 fully saturated rings. The molecule has 2 N–H and O–H groups in total. The lowest BCUT2D eigenvalue weighted by Gasteiger charge is -2.11. The van der Waals surface area contributed by atoms with E-state index in [0.29, 0.717) is 29.3 Å². The molecule has 0 atom stereocenters. The number of nitrogens with two attached hydrogens (primary N) is 1. The molecule has 0 unspecified atom stereocenters. The van der Waals surface area contributed by atoms with E-state index in [0.717, 1.165) is 23.1 Å². The first-order valence-electron chi connectivity index (χ1n) is 8.04. The van der Waals surface area contributed by atoms with Crippen molar-refractivity contribution in [2.75, 3.05) is 12.9 Å². The molecule has 1 amide bonds. The minimum absolute atomic E-state index is 0.0441. The molecule has 2 aromatic heterocycles. The maximum absolute atomic E-state index is 12.9. The van der Waals surface area contributed by atoms with Crippen molar-refractivity contribution in [3.05, 3.63) is 46.4 Å². The lowest BCUT2D eigenvalue weighted by molar-refractivity contribution is -0.115. The summed E-state index contributed by atoms with van der Waals surface area (Å²) in [7, 11) is 1.60. The second-order valence-electron chi connectivity index (χ2n) is 5.61. The van der Waals surface area contributed by atoms with Gasteiger partial charge in [0.15, 0.2) is 10.7 Å². The first kappa shape index (κ1) is 18.0. The van der Waals surface area contributed by atoms with Crippen LogP contribution in [-0.2, 0) is 17.9 Å².